The third kappa shape index (κ3) is 7.63. The highest BCUT2D eigenvalue weighted by molar-refractivity contribution is 14.0. The molecule has 26 heavy (non-hydrogen) atoms. The summed E-state index contributed by atoms with van der Waals surface area (Å²) in [7, 11) is 3.92. The van der Waals surface area contributed by atoms with Crippen LogP contribution in [-0.4, -0.2) is 38.1 Å². The zero-order valence-electron chi connectivity index (χ0n) is 15.9. The molecule has 4 nitrogen and oxygen atoms in total. The van der Waals surface area contributed by atoms with Gasteiger partial charge in [-0.25, -0.2) is 0 Å². The number of likely N-dealkylation sites (N-methyl/N-ethyl adjacent to an activating group) is 1. The van der Waals surface area contributed by atoms with E-state index in [-0.39, 0.29) is 24.0 Å². The highest BCUT2D eigenvalue weighted by Crippen LogP contribution is 2.11. The number of ether oxygens (including phenoxy) is 1. The first kappa shape index (κ1) is 22.9. The largest absolute Gasteiger partial charge is 0.377 e. The molecule has 2 rings (SSSR count). The Morgan fingerprint density at radius 3 is 2.62 bits per heavy atom. The fourth-order valence-electron chi connectivity index (χ4n) is 2.59. The lowest BCUT2D eigenvalue weighted by molar-refractivity contribution is 0.121. The van der Waals surface area contributed by atoms with E-state index in [9.17, 15) is 0 Å². The van der Waals surface area contributed by atoms with E-state index >= 15 is 0 Å². The minimum atomic E-state index is 0. The summed E-state index contributed by atoms with van der Waals surface area (Å²) in [6, 6.07) is 12.7. The molecule has 1 aromatic heterocycles. The molecule has 0 radical (unpaired) electrons. The van der Waals surface area contributed by atoms with Gasteiger partial charge in [-0.1, -0.05) is 37.3 Å². The van der Waals surface area contributed by atoms with Crippen LogP contribution in [0.4, 0.5) is 0 Å². The van der Waals surface area contributed by atoms with E-state index in [1.165, 1.54) is 16.0 Å². The van der Waals surface area contributed by atoms with Crippen LogP contribution < -0.4 is 5.32 Å². The molecule has 0 aliphatic rings. The quantitative estimate of drug-likeness (QED) is 0.244. The molecule has 6 heteroatoms. The van der Waals surface area contributed by atoms with E-state index in [0.29, 0.717) is 6.61 Å². The molecule has 2 aromatic rings. The standard InChI is InChI=1S/C20H29N3OS.HI/c1-4-13-24-16-18-9-6-5-8-17(18)15-22-20(21-2)23(3)12-11-19-10-7-14-25-19;/h5-10,14H,4,11-13,15-16H2,1-3H3,(H,21,22);1H. The Bertz CT molecular complexity index is 646. The molecule has 144 valence electrons. The monoisotopic (exact) mass is 487 g/mol. The molecule has 1 N–H and O–H groups in total. The van der Waals surface area contributed by atoms with Crippen molar-refractivity contribution in [3.05, 3.63) is 57.8 Å². The lowest BCUT2D eigenvalue weighted by atomic mass is 10.1. The highest BCUT2D eigenvalue weighted by atomic mass is 127. The second-order valence-electron chi connectivity index (χ2n) is 5.97. The van der Waals surface area contributed by atoms with Crippen LogP contribution in [0.1, 0.15) is 29.3 Å². The smallest absolute Gasteiger partial charge is 0.193 e. The maximum Gasteiger partial charge on any atom is 0.193 e. The van der Waals surface area contributed by atoms with Gasteiger partial charge in [0.2, 0.25) is 0 Å². The van der Waals surface area contributed by atoms with Crippen LogP contribution in [0.15, 0.2) is 46.8 Å². The van der Waals surface area contributed by atoms with Gasteiger partial charge in [-0.15, -0.1) is 35.3 Å². The second-order valence-corrected chi connectivity index (χ2v) is 7.01. The Hall–Kier alpha value is -1.12. The van der Waals surface area contributed by atoms with Crippen LogP contribution in [0.25, 0.3) is 0 Å². The predicted octanol–water partition coefficient (Wildman–Crippen LogP) is 4.54. The topological polar surface area (TPSA) is 36.9 Å². The molecular weight excluding hydrogens is 457 g/mol. The summed E-state index contributed by atoms with van der Waals surface area (Å²) in [5.41, 5.74) is 2.49. The number of benzene rings is 1. The lowest BCUT2D eigenvalue weighted by Gasteiger charge is -2.22. The molecule has 0 aliphatic carbocycles. The fourth-order valence-corrected chi connectivity index (χ4v) is 3.29. The van der Waals surface area contributed by atoms with Gasteiger partial charge in [0.1, 0.15) is 0 Å². The van der Waals surface area contributed by atoms with Crippen molar-refractivity contribution >= 4 is 41.3 Å². The van der Waals surface area contributed by atoms with Crippen molar-refractivity contribution in [1.82, 2.24) is 10.2 Å². The molecule has 0 fully saturated rings. The van der Waals surface area contributed by atoms with E-state index < -0.39 is 0 Å². The summed E-state index contributed by atoms with van der Waals surface area (Å²) in [5.74, 6) is 0.917. The highest BCUT2D eigenvalue weighted by Gasteiger charge is 2.08. The van der Waals surface area contributed by atoms with Crippen molar-refractivity contribution in [2.45, 2.75) is 32.9 Å². The molecule has 0 aliphatic heterocycles. The Labute approximate surface area is 178 Å². The summed E-state index contributed by atoms with van der Waals surface area (Å²) in [6.45, 7) is 5.29. The van der Waals surface area contributed by atoms with E-state index in [1.54, 1.807) is 11.3 Å². The first-order valence-corrected chi connectivity index (χ1v) is 9.71. The fraction of sp³-hybridized carbons (Fsp3) is 0.450. The van der Waals surface area contributed by atoms with Gasteiger partial charge in [0.05, 0.1) is 6.61 Å². The van der Waals surface area contributed by atoms with Crippen molar-refractivity contribution < 1.29 is 4.74 Å². The summed E-state index contributed by atoms with van der Waals surface area (Å²) >= 11 is 1.80. The van der Waals surface area contributed by atoms with Crippen molar-refractivity contribution in [2.24, 2.45) is 4.99 Å². The van der Waals surface area contributed by atoms with Crippen LogP contribution in [0.5, 0.6) is 0 Å². The van der Waals surface area contributed by atoms with Crippen molar-refractivity contribution in [2.75, 3.05) is 27.2 Å². The summed E-state index contributed by atoms with van der Waals surface area (Å²) in [6.07, 6.45) is 2.08. The van der Waals surface area contributed by atoms with Gasteiger partial charge in [-0.3, -0.25) is 4.99 Å². The van der Waals surface area contributed by atoms with Gasteiger partial charge in [0.25, 0.3) is 0 Å². The average molecular weight is 487 g/mol. The zero-order valence-corrected chi connectivity index (χ0v) is 19.1. The minimum absolute atomic E-state index is 0. The molecule has 0 bridgehead atoms. The minimum Gasteiger partial charge on any atom is -0.377 e. The van der Waals surface area contributed by atoms with Gasteiger partial charge in [-0.2, -0.15) is 0 Å². The average Bonchev–Trinajstić information content (AvgIpc) is 3.15. The maximum absolute atomic E-state index is 5.70. The van der Waals surface area contributed by atoms with Crippen molar-refractivity contribution in [1.29, 1.82) is 0 Å². The second kappa shape index (κ2) is 13.1. The van der Waals surface area contributed by atoms with E-state index in [0.717, 1.165) is 38.5 Å². The maximum atomic E-state index is 5.70. The van der Waals surface area contributed by atoms with Gasteiger partial charge < -0.3 is 15.0 Å². The molecular formula is C20H30IN3OS. The van der Waals surface area contributed by atoms with Gasteiger partial charge >= 0.3 is 0 Å². The third-order valence-electron chi connectivity index (χ3n) is 4.01. The summed E-state index contributed by atoms with van der Waals surface area (Å²) < 4.78 is 5.70. The Balaban J connectivity index is 0.00000338. The number of aliphatic imine (C=N–C) groups is 1. The molecule has 0 unspecified atom stereocenters. The number of guanidine groups is 1. The normalized spacial score (nSPS) is 11.1. The van der Waals surface area contributed by atoms with Crippen molar-refractivity contribution in [3.8, 4) is 0 Å². The number of hydrogen-bond acceptors (Lipinski definition) is 3. The molecule has 0 amide bonds. The summed E-state index contributed by atoms with van der Waals surface area (Å²) in [4.78, 5) is 7.99. The van der Waals surface area contributed by atoms with Crippen LogP contribution in [-0.2, 0) is 24.3 Å². The molecule has 0 atom stereocenters. The third-order valence-corrected chi connectivity index (χ3v) is 4.94. The van der Waals surface area contributed by atoms with Gasteiger partial charge in [-0.05, 0) is 35.4 Å². The SMILES string of the molecule is CCCOCc1ccccc1CNC(=NC)N(C)CCc1cccs1.I. The van der Waals surface area contributed by atoms with Crippen molar-refractivity contribution in [3.63, 3.8) is 0 Å². The Morgan fingerprint density at radius 1 is 1.19 bits per heavy atom. The number of halogens is 1. The first-order chi connectivity index (χ1) is 12.2. The number of nitrogens with one attached hydrogen (secondary N) is 1. The Kier molecular flexibility index (Phi) is 11.6. The predicted molar refractivity (Wildman–Crippen MR) is 123 cm³/mol. The number of rotatable bonds is 9. The molecule has 0 saturated heterocycles. The zero-order chi connectivity index (χ0) is 17.9. The Morgan fingerprint density at radius 2 is 1.96 bits per heavy atom. The van der Waals surface area contributed by atoms with E-state index in [4.69, 9.17) is 4.74 Å². The van der Waals surface area contributed by atoms with E-state index in [2.05, 4.69) is 71.0 Å². The molecule has 1 aromatic carbocycles. The van der Waals surface area contributed by atoms with Gasteiger partial charge in [0, 0.05) is 38.7 Å². The first-order valence-electron chi connectivity index (χ1n) is 8.83. The molecule has 1 heterocycles. The number of hydrogen-bond donors (Lipinski definition) is 1. The lowest BCUT2D eigenvalue weighted by Crippen LogP contribution is -2.39. The van der Waals surface area contributed by atoms with Gasteiger partial charge in [0.15, 0.2) is 5.96 Å². The van der Waals surface area contributed by atoms with Crippen LogP contribution >= 0.6 is 35.3 Å². The summed E-state index contributed by atoms with van der Waals surface area (Å²) in [5, 5.41) is 5.60. The van der Waals surface area contributed by atoms with Crippen LogP contribution in [0.3, 0.4) is 0 Å². The number of thiophene rings is 1. The van der Waals surface area contributed by atoms with E-state index in [1.807, 2.05) is 7.05 Å². The number of nitrogens with zero attached hydrogens (tertiary/aromatic N) is 2. The molecule has 0 saturated carbocycles. The molecule has 0 spiro atoms. The van der Waals surface area contributed by atoms with Crippen LogP contribution in [0.2, 0.25) is 0 Å². The van der Waals surface area contributed by atoms with Crippen LogP contribution in [0, 0.1) is 0 Å².